The van der Waals surface area contributed by atoms with Gasteiger partial charge < -0.3 is 14.8 Å². The zero-order chi connectivity index (χ0) is 21.5. The number of carbonyl (C=O) groups is 1. The van der Waals surface area contributed by atoms with E-state index in [1.807, 2.05) is 17.7 Å². The minimum atomic E-state index is -0.209. The Balaban J connectivity index is 1.21. The van der Waals surface area contributed by atoms with Crippen molar-refractivity contribution in [2.75, 3.05) is 30.3 Å². The Morgan fingerprint density at radius 2 is 1.90 bits per heavy atom. The van der Waals surface area contributed by atoms with Crippen molar-refractivity contribution in [1.29, 1.82) is 0 Å². The Hall–Kier alpha value is -2.94. The van der Waals surface area contributed by atoms with Crippen LogP contribution in [0.15, 0.2) is 53.9 Å². The van der Waals surface area contributed by atoms with E-state index in [0.717, 1.165) is 43.3 Å². The second kappa shape index (κ2) is 10.4. The lowest BCUT2D eigenvalue weighted by molar-refractivity contribution is 0.0950. The van der Waals surface area contributed by atoms with Crippen molar-refractivity contribution in [2.45, 2.75) is 24.4 Å². The van der Waals surface area contributed by atoms with E-state index < -0.39 is 0 Å². The van der Waals surface area contributed by atoms with Crippen LogP contribution in [0, 0.1) is 5.92 Å². The Labute approximate surface area is 186 Å². The van der Waals surface area contributed by atoms with Crippen LogP contribution in [-0.4, -0.2) is 56.3 Å². The molecular formula is C22H27N7OS. The lowest BCUT2D eigenvalue weighted by atomic mass is 9.90. The summed E-state index contributed by atoms with van der Waals surface area (Å²) in [5.74, 6) is 2.05. The van der Waals surface area contributed by atoms with Gasteiger partial charge in [0.2, 0.25) is 0 Å². The van der Waals surface area contributed by atoms with Gasteiger partial charge in [-0.25, -0.2) is 0 Å². The van der Waals surface area contributed by atoms with Crippen LogP contribution in [0.3, 0.4) is 0 Å². The van der Waals surface area contributed by atoms with E-state index in [1.54, 1.807) is 24.2 Å². The molecule has 0 aliphatic carbocycles. The minimum Gasteiger partial charge on any atom is -0.355 e. The van der Waals surface area contributed by atoms with Crippen LogP contribution >= 0.6 is 11.8 Å². The summed E-state index contributed by atoms with van der Waals surface area (Å²) in [5.41, 5.74) is 1.75. The van der Waals surface area contributed by atoms with Gasteiger partial charge in [0.25, 0.3) is 5.91 Å². The first-order valence-corrected chi connectivity index (χ1v) is 11.5. The van der Waals surface area contributed by atoms with Crippen molar-refractivity contribution in [3.8, 4) is 0 Å². The second-order valence-corrected chi connectivity index (χ2v) is 8.79. The second-order valence-electron chi connectivity index (χ2n) is 7.73. The fraction of sp³-hybridized carbons (Fsp3) is 0.409. The first-order chi connectivity index (χ1) is 15.2. The number of nitrogens with zero attached hydrogens (tertiary/aromatic N) is 6. The van der Waals surface area contributed by atoms with Gasteiger partial charge in [-0.05, 0) is 42.9 Å². The van der Waals surface area contributed by atoms with E-state index >= 15 is 0 Å². The van der Waals surface area contributed by atoms with Crippen LogP contribution in [-0.2, 0) is 13.5 Å². The van der Waals surface area contributed by atoms with E-state index in [2.05, 4.69) is 60.9 Å². The maximum Gasteiger partial charge on any atom is 0.271 e. The number of anilines is 1. The monoisotopic (exact) mass is 437 g/mol. The number of piperidine rings is 1. The standard InChI is InChI=1S/C22H27N7OS/c1-28-16-24-27-22(28)31-14-11-23-21(30)19-7-8-20(26-25-19)29-12-9-18(10-13-29)15-17-5-3-2-4-6-17/h2-8,16,18H,9-15H2,1H3,(H,23,30). The SMILES string of the molecule is Cn1cnnc1SCCNC(=O)c1ccc(N2CCC(Cc3ccccc3)CC2)nn1. The van der Waals surface area contributed by atoms with Gasteiger partial charge in [0.15, 0.2) is 16.7 Å². The maximum absolute atomic E-state index is 12.3. The molecule has 0 saturated carbocycles. The summed E-state index contributed by atoms with van der Waals surface area (Å²) >= 11 is 1.54. The third kappa shape index (κ3) is 5.81. The summed E-state index contributed by atoms with van der Waals surface area (Å²) in [6.45, 7) is 2.46. The topological polar surface area (TPSA) is 88.8 Å². The van der Waals surface area contributed by atoms with Gasteiger partial charge in [0, 0.05) is 32.4 Å². The normalized spacial score (nSPS) is 14.5. The molecule has 1 aromatic carbocycles. The highest BCUT2D eigenvalue weighted by atomic mass is 32.2. The van der Waals surface area contributed by atoms with Crippen LogP contribution in [0.25, 0.3) is 0 Å². The van der Waals surface area contributed by atoms with Crippen molar-refractivity contribution >= 4 is 23.5 Å². The van der Waals surface area contributed by atoms with Gasteiger partial charge in [-0.1, -0.05) is 42.1 Å². The first-order valence-electron chi connectivity index (χ1n) is 10.6. The molecule has 0 atom stereocenters. The number of aromatic nitrogens is 5. The fourth-order valence-electron chi connectivity index (χ4n) is 3.73. The molecule has 3 aromatic rings. The van der Waals surface area contributed by atoms with Gasteiger partial charge in [0.05, 0.1) is 0 Å². The number of hydrogen-bond acceptors (Lipinski definition) is 7. The molecule has 3 heterocycles. The zero-order valence-corrected chi connectivity index (χ0v) is 18.5. The molecule has 9 heteroatoms. The molecule has 1 aliphatic heterocycles. The third-order valence-electron chi connectivity index (χ3n) is 5.48. The number of thioether (sulfide) groups is 1. The van der Waals surface area contributed by atoms with Crippen molar-refractivity contribution in [1.82, 2.24) is 30.3 Å². The quantitative estimate of drug-likeness (QED) is 0.428. The average Bonchev–Trinajstić information content (AvgIpc) is 3.22. The van der Waals surface area contributed by atoms with Crippen molar-refractivity contribution in [3.05, 3.63) is 60.0 Å². The summed E-state index contributed by atoms with van der Waals surface area (Å²) < 4.78 is 1.85. The van der Waals surface area contributed by atoms with Crippen LogP contribution in [0.5, 0.6) is 0 Å². The molecule has 0 unspecified atom stereocenters. The Morgan fingerprint density at radius 1 is 1.10 bits per heavy atom. The fourth-order valence-corrected chi connectivity index (χ4v) is 4.47. The van der Waals surface area contributed by atoms with Crippen molar-refractivity contribution < 1.29 is 4.79 Å². The number of nitrogens with one attached hydrogen (secondary N) is 1. The van der Waals surface area contributed by atoms with Gasteiger partial charge in [-0.15, -0.1) is 20.4 Å². The van der Waals surface area contributed by atoms with Crippen molar-refractivity contribution in [3.63, 3.8) is 0 Å². The van der Waals surface area contributed by atoms with Crippen LogP contribution < -0.4 is 10.2 Å². The largest absolute Gasteiger partial charge is 0.355 e. The molecule has 1 fully saturated rings. The summed E-state index contributed by atoms with van der Waals surface area (Å²) in [6, 6.07) is 14.3. The number of rotatable bonds is 8. The molecule has 4 rings (SSSR count). The smallest absolute Gasteiger partial charge is 0.271 e. The molecule has 0 bridgehead atoms. The third-order valence-corrected chi connectivity index (χ3v) is 6.51. The lowest BCUT2D eigenvalue weighted by Crippen LogP contribution is -2.35. The summed E-state index contributed by atoms with van der Waals surface area (Å²) in [6.07, 6.45) is 5.07. The van der Waals surface area contributed by atoms with E-state index in [0.29, 0.717) is 23.9 Å². The highest BCUT2D eigenvalue weighted by Gasteiger charge is 2.21. The van der Waals surface area contributed by atoms with Crippen molar-refractivity contribution in [2.24, 2.45) is 13.0 Å². The maximum atomic E-state index is 12.3. The van der Waals surface area contributed by atoms with Crippen LogP contribution in [0.4, 0.5) is 5.82 Å². The first kappa shape index (κ1) is 21.3. The molecule has 162 valence electrons. The Bertz CT molecular complexity index is 969. The van der Waals surface area contributed by atoms with E-state index in [1.165, 1.54) is 5.56 Å². The van der Waals surface area contributed by atoms with Crippen LogP contribution in [0.2, 0.25) is 0 Å². The zero-order valence-electron chi connectivity index (χ0n) is 17.6. The molecular weight excluding hydrogens is 410 g/mol. The molecule has 31 heavy (non-hydrogen) atoms. The number of aryl methyl sites for hydroxylation is 1. The van der Waals surface area contributed by atoms with Gasteiger partial charge in [-0.2, -0.15) is 0 Å². The molecule has 1 N–H and O–H groups in total. The minimum absolute atomic E-state index is 0.209. The van der Waals surface area contributed by atoms with Crippen LogP contribution in [0.1, 0.15) is 28.9 Å². The average molecular weight is 438 g/mol. The Kier molecular flexibility index (Phi) is 7.14. The number of hydrogen-bond donors (Lipinski definition) is 1. The molecule has 0 radical (unpaired) electrons. The summed E-state index contributed by atoms with van der Waals surface area (Å²) in [7, 11) is 1.89. The van der Waals surface area contributed by atoms with Gasteiger partial charge in [-0.3, -0.25) is 4.79 Å². The molecule has 8 nitrogen and oxygen atoms in total. The molecule has 2 aromatic heterocycles. The Morgan fingerprint density at radius 3 is 2.58 bits per heavy atom. The van der Waals surface area contributed by atoms with Gasteiger partial charge >= 0.3 is 0 Å². The molecule has 0 spiro atoms. The predicted molar refractivity (Wildman–Crippen MR) is 121 cm³/mol. The number of carbonyl (C=O) groups excluding carboxylic acids is 1. The summed E-state index contributed by atoms with van der Waals surface area (Å²) in [5, 5.41) is 20.0. The molecule has 1 aliphatic rings. The van der Waals surface area contributed by atoms with E-state index in [4.69, 9.17) is 0 Å². The van der Waals surface area contributed by atoms with E-state index in [-0.39, 0.29) is 5.91 Å². The lowest BCUT2D eigenvalue weighted by Gasteiger charge is -2.32. The van der Waals surface area contributed by atoms with E-state index in [9.17, 15) is 4.79 Å². The van der Waals surface area contributed by atoms with Gasteiger partial charge in [0.1, 0.15) is 6.33 Å². The predicted octanol–water partition coefficient (Wildman–Crippen LogP) is 2.59. The summed E-state index contributed by atoms with van der Waals surface area (Å²) in [4.78, 5) is 14.6. The molecule has 1 saturated heterocycles. The highest BCUT2D eigenvalue weighted by Crippen LogP contribution is 2.24. The highest BCUT2D eigenvalue weighted by molar-refractivity contribution is 7.99. The number of benzene rings is 1. The number of amides is 1. The molecule has 1 amide bonds.